The van der Waals surface area contributed by atoms with Gasteiger partial charge in [-0.05, 0) is 30.9 Å². The maximum Gasteiger partial charge on any atom is 0.0406 e. The highest BCUT2D eigenvalue weighted by Crippen LogP contribution is 2.21. The van der Waals surface area contributed by atoms with Crippen LogP contribution in [0.3, 0.4) is 0 Å². The van der Waals surface area contributed by atoms with E-state index in [-0.39, 0.29) is 0 Å². The number of aryl methyl sites for hydroxylation is 2. The molecule has 2 heteroatoms. The average molecular weight is 206 g/mol. The van der Waals surface area contributed by atoms with E-state index < -0.39 is 0 Å². The van der Waals surface area contributed by atoms with E-state index in [4.69, 9.17) is 5.73 Å². The molecule has 1 atom stereocenters. The Labute approximate surface area is 92.9 Å². The van der Waals surface area contributed by atoms with E-state index >= 15 is 0 Å². The van der Waals surface area contributed by atoms with Crippen molar-refractivity contribution in [2.45, 2.75) is 33.7 Å². The molecule has 0 aliphatic heterocycles. The third-order valence-corrected chi connectivity index (χ3v) is 2.87. The van der Waals surface area contributed by atoms with Gasteiger partial charge in [-0.3, -0.25) is 0 Å². The lowest BCUT2D eigenvalue weighted by Crippen LogP contribution is -2.34. The Kier molecular flexibility index (Phi) is 4.15. The van der Waals surface area contributed by atoms with Crippen LogP contribution in [0.15, 0.2) is 18.2 Å². The zero-order valence-electron chi connectivity index (χ0n) is 10.2. The summed E-state index contributed by atoms with van der Waals surface area (Å²) in [7, 11) is 0. The first kappa shape index (κ1) is 12.1. The minimum absolute atomic E-state index is 0.352. The summed E-state index contributed by atoms with van der Waals surface area (Å²) in [6.45, 7) is 9.31. The molecule has 1 aromatic rings. The monoisotopic (exact) mass is 206 g/mol. The normalized spacial score (nSPS) is 12.9. The molecule has 15 heavy (non-hydrogen) atoms. The topological polar surface area (TPSA) is 38.0 Å². The number of hydrogen-bond acceptors (Lipinski definition) is 2. The molecular weight excluding hydrogens is 184 g/mol. The lowest BCUT2D eigenvalue weighted by atomic mass is 10.0. The van der Waals surface area contributed by atoms with Gasteiger partial charge in [-0.1, -0.05) is 32.0 Å². The second-order valence-corrected chi connectivity index (χ2v) is 4.50. The first-order chi connectivity index (χ1) is 7.06. The summed E-state index contributed by atoms with van der Waals surface area (Å²) in [6, 6.07) is 6.69. The van der Waals surface area contributed by atoms with Crippen LogP contribution in [0.4, 0.5) is 5.69 Å². The van der Waals surface area contributed by atoms with Crippen molar-refractivity contribution >= 4 is 5.69 Å². The highest BCUT2D eigenvalue weighted by atomic mass is 14.9. The molecule has 0 bridgehead atoms. The Morgan fingerprint density at radius 2 is 1.73 bits per heavy atom. The van der Waals surface area contributed by atoms with Crippen molar-refractivity contribution in [3.05, 3.63) is 29.3 Å². The van der Waals surface area contributed by atoms with Gasteiger partial charge in [-0.15, -0.1) is 0 Å². The lowest BCUT2D eigenvalue weighted by molar-refractivity contribution is 0.531. The number of benzene rings is 1. The van der Waals surface area contributed by atoms with E-state index in [0.717, 1.165) is 0 Å². The fraction of sp³-hybridized carbons (Fsp3) is 0.538. The molecule has 84 valence electrons. The van der Waals surface area contributed by atoms with Gasteiger partial charge in [0, 0.05) is 18.3 Å². The van der Waals surface area contributed by atoms with Crippen molar-refractivity contribution in [1.82, 2.24) is 0 Å². The Balaban J connectivity index is 2.87. The van der Waals surface area contributed by atoms with Gasteiger partial charge in [0.15, 0.2) is 0 Å². The van der Waals surface area contributed by atoms with E-state index in [9.17, 15) is 0 Å². The van der Waals surface area contributed by atoms with E-state index in [0.29, 0.717) is 18.5 Å². The molecule has 3 N–H and O–H groups in total. The summed E-state index contributed by atoms with van der Waals surface area (Å²) in [5.41, 5.74) is 9.57. The van der Waals surface area contributed by atoms with Crippen LogP contribution in [0.1, 0.15) is 25.0 Å². The average Bonchev–Trinajstić information content (AvgIpc) is 2.17. The second kappa shape index (κ2) is 5.17. The van der Waals surface area contributed by atoms with Crippen LogP contribution in [-0.2, 0) is 0 Å². The van der Waals surface area contributed by atoms with Gasteiger partial charge >= 0.3 is 0 Å². The first-order valence-electron chi connectivity index (χ1n) is 5.59. The van der Waals surface area contributed by atoms with Crippen LogP contribution in [0, 0.1) is 19.8 Å². The number of anilines is 1. The molecule has 0 aromatic heterocycles. The summed E-state index contributed by atoms with van der Waals surface area (Å²) in [5, 5.41) is 3.54. The molecule has 0 saturated carbocycles. The molecule has 0 radical (unpaired) electrons. The Morgan fingerprint density at radius 1 is 1.20 bits per heavy atom. The standard InChI is InChI=1S/C13H22N2/c1-9(2)12(8-14)15-13-10(3)6-5-7-11(13)4/h5-7,9,12,15H,8,14H2,1-4H3. The predicted molar refractivity (Wildman–Crippen MR) is 67.2 cm³/mol. The molecule has 0 saturated heterocycles. The van der Waals surface area contributed by atoms with Crippen molar-refractivity contribution < 1.29 is 0 Å². The van der Waals surface area contributed by atoms with Gasteiger partial charge in [0.25, 0.3) is 0 Å². The quantitative estimate of drug-likeness (QED) is 0.795. The lowest BCUT2D eigenvalue weighted by Gasteiger charge is -2.24. The number of nitrogens with two attached hydrogens (primary N) is 1. The highest BCUT2D eigenvalue weighted by Gasteiger charge is 2.12. The van der Waals surface area contributed by atoms with Crippen molar-refractivity contribution in [1.29, 1.82) is 0 Å². The molecule has 0 heterocycles. The number of rotatable bonds is 4. The van der Waals surface area contributed by atoms with Crippen LogP contribution in [0.25, 0.3) is 0 Å². The van der Waals surface area contributed by atoms with Gasteiger partial charge in [0.1, 0.15) is 0 Å². The van der Waals surface area contributed by atoms with Gasteiger partial charge in [-0.25, -0.2) is 0 Å². The zero-order valence-corrected chi connectivity index (χ0v) is 10.2. The van der Waals surface area contributed by atoms with Crippen LogP contribution in [0.2, 0.25) is 0 Å². The number of nitrogens with one attached hydrogen (secondary N) is 1. The number of hydrogen-bond donors (Lipinski definition) is 2. The van der Waals surface area contributed by atoms with E-state index in [1.807, 2.05) is 0 Å². The molecular formula is C13H22N2. The Morgan fingerprint density at radius 3 is 2.13 bits per heavy atom. The molecule has 0 aliphatic rings. The maximum atomic E-state index is 5.76. The van der Waals surface area contributed by atoms with Crippen molar-refractivity contribution in [3.8, 4) is 0 Å². The zero-order chi connectivity index (χ0) is 11.4. The van der Waals surface area contributed by atoms with Gasteiger partial charge in [0.2, 0.25) is 0 Å². The summed E-state index contributed by atoms with van der Waals surface area (Å²) in [5.74, 6) is 0.550. The molecule has 0 spiro atoms. The molecule has 1 aromatic carbocycles. The van der Waals surface area contributed by atoms with Gasteiger partial charge < -0.3 is 11.1 Å². The maximum absolute atomic E-state index is 5.76. The largest absolute Gasteiger partial charge is 0.380 e. The summed E-state index contributed by atoms with van der Waals surface area (Å²) >= 11 is 0. The van der Waals surface area contributed by atoms with Crippen LogP contribution in [0.5, 0.6) is 0 Å². The fourth-order valence-corrected chi connectivity index (χ4v) is 1.73. The SMILES string of the molecule is Cc1cccc(C)c1NC(CN)C(C)C. The third-order valence-electron chi connectivity index (χ3n) is 2.87. The minimum Gasteiger partial charge on any atom is -0.380 e. The molecule has 1 unspecified atom stereocenters. The smallest absolute Gasteiger partial charge is 0.0406 e. The minimum atomic E-state index is 0.352. The van der Waals surface area contributed by atoms with Crippen LogP contribution in [-0.4, -0.2) is 12.6 Å². The Bertz CT molecular complexity index is 298. The summed E-state index contributed by atoms with van der Waals surface area (Å²) in [4.78, 5) is 0. The first-order valence-corrected chi connectivity index (χ1v) is 5.59. The van der Waals surface area contributed by atoms with Crippen molar-refractivity contribution in [3.63, 3.8) is 0 Å². The van der Waals surface area contributed by atoms with Gasteiger partial charge in [-0.2, -0.15) is 0 Å². The van der Waals surface area contributed by atoms with Gasteiger partial charge in [0.05, 0.1) is 0 Å². The van der Waals surface area contributed by atoms with E-state index in [2.05, 4.69) is 51.2 Å². The molecule has 0 aliphatic carbocycles. The van der Waals surface area contributed by atoms with Crippen LogP contribution >= 0.6 is 0 Å². The third kappa shape index (κ3) is 2.96. The predicted octanol–water partition coefficient (Wildman–Crippen LogP) is 2.70. The van der Waals surface area contributed by atoms with Crippen molar-refractivity contribution in [2.24, 2.45) is 11.7 Å². The second-order valence-electron chi connectivity index (χ2n) is 4.50. The summed E-state index contributed by atoms with van der Waals surface area (Å²) < 4.78 is 0. The molecule has 0 amide bonds. The Hall–Kier alpha value is -1.02. The van der Waals surface area contributed by atoms with E-state index in [1.54, 1.807) is 0 Å². The highest BCUT2D eigenvalue weighted by molar-refractivity contribution is 5.57. The molecule has 1 rings (SSSR count). The number of para-hydroxylation sites is 1. The van der Waals surface area contributed by atoms with E-state index in [1.165, 1.54) is 16.8 Å². The molecule has 2 nitrogen and oxygen atoms in total. The van der Waals surface area contributed by atoms with Crippen molar-refractivity contribution in [2.75, 3.05) is 11.9 Å². The fourth-order valence-electron chi connectivity index (χ4n) is 1.73. The summed E-state index contributed by atoms with van der Waals surface area (Å²) in [6.07, 6.45) is 0. The molecule has 0 fully saturated rings. The van der Waals surface area contributed by atoms with Crippen LogP contribution < -0.4 is 11.1 Å².